The molecule has 1 aliphatic heterocycles. The molecule has 11 heteroatoms. The van der Waals surface area contributed by atoms with Crippen LogP contribution in [-0.4, -0.2) is 51.5 Å². The Morgan fingerprint density at radius 3 is 2.37 bits per heavy atom. The quantitative estimate of drug-likeness (QED) is 0.297. The zero-order chi connectivity index (χ0) is 24.8. The smallest absolute Gasteiger partial charge is 0.383 e. The lowest BCUT2D eigenvalue weighted by molar-refractivity contribution is -0.389. The molecule has 2 heterocycles. The van der Waals surface area contributed by atoms with Gasteiger partial charge in [0, 0.05) is 43.2 Å². The molecule has 186 valence electrons. The topological polar surface area (TPSA) is 103 Å². The minimum Gasteiger partial charge on any atom is -0.491 e. The molecule has 0 amide bonds. The minimum atomic E-state index is -0.758. The van der Waals surface area contributed by atoms with Gasteiger partial charge in [0.05, 0.1) is 6.10 Å². The van der Waals surface area contributed by atoms with Crippen LogP contribution in [0.1, 0.15) is 19.3 Å². The highest BCUT2D eigenvalue weighted by molar-refractivity contribution is 6.30. The summed E-state index contributed by atoms with van der Waals surface area (Å²) in [6, 6.07) is 15.2. The van der Waals surface area contributed by atoms with Crippen molar-refractivity contribution in [1.29, 1.82) is 0 Å². The predicted molar refractivity (Wildman–Crippen MR) is 134 cm³/mol. The van der Waals surface area contributed by atoms with E-state index in [-0.39, 0.29) is 23.8 Å². The van der Waals surface area contributed by atoms with E-state index in [1.807, 2.05) is 48.5 Å². The maximum absolute atomic E-state index is 10.8. The number of ether oxygens (including phenoxy) is 2. The highest BCUT2D eigenvalue weighted by Crippen LogP contribution is 2.26. The number of hydrogen-bond donors (Lipinski definition) is 1. The number of aliphatic hydroxyl groups excluding tert-OH is 1. The molecule has 0 spiro atoms. The summed E-state index contributed by atoms with van der Waals surface area (Å²) < 4.78 is 13.2. The first-order valence-corrected chi connectivity index (χ1v) is 12.1. The second-order valence-corrected chi connectivity index (χ2v) is 9.10. The van der Waals surface area contributed by atoms with E-state index in [0.29, 0.717) is 23.7 Å². The van der Waals surface area contributed by atoms with Gasteiger partial charge in [0.2, 0.25) is 0 Å². The Bertz CT molecular complexity index is 1120. The number of imidazole rings is 1. The van der Waals surface area contributed by atoms with Crippen LogP contribution in [0.5, 0.6) is 11.5 Å². The normalized spacial score (nSPS) is 15.1. The number of rotatable bonds is 10. The Morgan fingerprint density at radius 1 is 1.09 bits per heavy atom. The number of piperidine rings is 1. The Balaban J connectivity index is 1.19. The number of anilines is 1. The van der Waals surface area contributed by atoms with Gasteiger partial charge in [-0.25, -0.2) is 0 Å². The van der Waals surface area contributed by atoms with E-state index < -0.39 is 11.0 Å². The fourth-order valence-electron chi connectivity index (χ4n) is 3.88. The Kier molecular flexibility index (Phi) is 8.33. The molecule has 1 aliphatic rings. The van der Waals surface area contributed by atoms with Crippen LogP contribution in [0, 0.1) is 10.1 Å². The molecule has 1 aromatic heterocycles. The second kappa shape index (κ2) is 11.6. The van der Waals surface area contributed by atoms with Crippen molar-refractivity contribution in [2.75, 3.05) is 24.6 Å². The lowest BCUT2D eigenvalue weighted by Gasteiger charge is -2.33. The van der Waals surface area contributed by atoms with Crippen molar-refractivity contribution in [3.05, 3.63) is 75.1 Å². The summed E-state index contributed by atoms with van der Waals surface area (Å²) in [4.78, 5) is 16.1. The van der Waals surface area contributed by atoms with Gasteiger partial charge in [-0.3, -0.25) is 4.57 Å². The summed E-state index contributed by atoms with van der Waals surface area (Å²) in [5, 5.41) is 21.7. The number of benzene rings is 2. The van der Waals surface area contributed by atoms with Gasteiger partial charge in [0.25, 0.3) is 0 Å². The summed E-state index contributed by atoms with van der Waals surface area (Å²) in [5.41, 5.74) is 1.11. The van der Waals surface area contributed by atoms with Crippen LogP contribution in [-0.2, 0) is 6.54 Å². The maximum atomic E-state index is 10.8. The van der Waals surface area contributed by atoms with Gasteiger partial charge in [0.15, 0.2) is 0 Å². The van der Waals surface area contributed by atoms with Crippen molar-refractivity contribution >= 4 is 34.7 Å². The van der Waals surface area contributed by atoms with Crippen molar-refractivity contribution in [2.24, 2.45) is 0 Å². The molecule has 0 saturated carbocycles. The highest BCUT2D eigenvalue weighted by Gasteiger charge is 2.21. The number of aliphatic hydroxyl groups is 1. The van der Waals surface area contributed by atoms with Crippen LogP contribution in [0.15, 0.2) is 54.7 Å². The molecule has 1 unspecified atom stereocenters. The molecule has 4 rings (SSSR count). The number of nitrogens with zero attached hydrogens (tertiary/aromatic N) is 4. The van der Waals surface area contributed by atoms with Crippen molar-refractivity contribution in [3.8, 4) is 11.5 Å². The number of nitro groups is 1. The highest BCUT2D eigenvalue weighted by atomic mass is 35.5. The SMILES string of the molecule is O=[N+]([O-])c1cn(CCC(O)COc2ccc(N3CCC(Oc4ccc(Cl)cc4)CC3)cc2)c(Cl)n1. The zero-order valence-corrected chi connectivity index (χ0v) is 20.4. The third-order valence-electron chi connectivity index (χ3n) is 5.81. The van der Waals surface area contributed by atoms with Gasteiger partial charge in [-0.2, -0.15) is 0 Å². The van der Waals surface area contributed by atoms with Crippen molar-refractivity contribution in [2.45, 2.75) is 38.0 Å². The summed E-state index contributed by atoms with van der Waals surface area (Å²) in [6.07, 6.45) is 2.85. The molecule has 1 atom stereocenters. The maximum Gasteiger partial charge on any atom is 0.383 e. The largest absolute Gasteiger partial charge is 0.491 e. The van der Waals surface area contributed by atoms with E-state index in [9.17, 15) is 15.2 Å². The van der Waals surface area contributed by atoms with Crippen molar-refractivity contribution in [1.82, 2.24) is 9.55 Å². The minimum absolute atomic E-state index is 0.0148. The van der Waals surface area contributed by atoms with Gasteiger partial charge in [0.1, 0.15) is 30.4 Å². The van der Waals surface area contributed by atoms with Gasteiger partial charge in [-0.05, 0) is 76.5 Å². The van der Waals surface area contributed by atoms with E-state index in [4.69, 9.17) is 32.7 Å². The first-order valence-electron chi connectivity index (χ1n) is 11.3. The molecule has 0 bridgehead atoms. The van der Waals surface area contributed by atoms with E-state index in [1.54, 1.807) is 0 Å². The monoisotopic (exact) mass is 520 g/mol. The standard InChI is InChI=1S/C24H26Cl2N4O5/c25-17-1-5-21(6-2-17)35-22-10-13-28(14-11-22)18-3-7-20(8-4-18)34-16-19(31)9-12-29-15-23(30(32)33)27-24(29)26/h1-8,15,19,22,31H,9-14,16H2. The number of aromatic nitrogens is 2. The number of aryl methyl sites for hydroxylation is 1. The lowest BCUT2D eigenvalue weighted by atomic mass is 10.1. The van der Waals surface area contributed by atoms with Crippen LogP contribution in [0.3, 0.4) is 0 Å². The zero-order valence-electron chi connectivity index (χ0n) is 18.9. The van der Waals surface area contributed by atoms with Crippen LogP contribution in [0.2, 0.25) is 10.3 Å². The molecule has 1 N–H and O–H groups in total. The fourth-order valence-corrected chi connectivity index (χ4v) is 4.23. The Hall–Kier alpha value is -3.01. The Morgan fingerprint density at radius 2 is 1.74 bits per heavy atom. The molecule has 1 fully saturated rings. The van der Waals surface area contributed by atoms with E-state index >= 15 is 0 Å². The Labute approximate surface area is 213 Å². The molecular formula is C24H26Cl2N4O5. The summed E-state index contributed by atoms with van der Waals surface area (Å²) >= 11 is 11.8. The van der Waals surface area contributed by atoms with Gasteiger partial charge in [-0.1, -0.05) is 11.6 Å². The van der Waals surface area contributed by atoms with E-state index in [0.717, 1.165) is 37.4 Å². The van der Waals surface area contributed by atoms with Crippen LogP contribution >= 0.6 is 23.2 Å². The molecule has 9 nitrogen and oxygen atoms in total. The summed E-state index contributed by atoms with van der Waals surface area (Å²) in [5.74, 6) is 1.18. The first-order chi connectivity index (χ1) is 16.9. The molecule has 0 radical (unpaired) electrons. The molecule has 1 saturated heterocycles. The summed E-state index contributed by atoms with van der Waals surface area (Å²) in [6.45, 7) is 2.18. The third kappa shape index (κ3) is 7.00. The van der Waals surface area contributed by atoms with Gasteiger partial charge in [-0.15, -0.1) is 0 Å². The average Bonchev–Trinajstić information content (AvgIpc) is 3.24. The van der Waals surface area contributed by atoms with E-state index in [1.165, 1.54) is 10.8 Å². The third-order valence-corrected chi connectivity index (χ3v) is 6.36. The molecule has 35 heavy (non-hydrogen) atoms. The fraction of sp³-hybridized carbons (Fsp3) is 0.375. The van der Waals surface area contributed by atoms with Gasteiger partial charge >= 0.3 is 11.1 Å². The summed E-state index contributed by atoms with van der Waals surface area (Å²) in [7, 11) is 0. The van der Waals surface area contributed by atoms with Crippen LogP contribution in [0.4, 0.5) is 11.5 Å². The second-order valence-electron chi connectivity index (χ2n) is 8.32. The molecule has 0 aliphatic carbocycles. The average molecular weight is 521 g/mol. The number of hydrogen-bond acceptors (Lipinski definition) is 7. The van der Waals surface area contributed by atoms with Crippen LogP contribution in [0.25, 0.3) is 0 Å². The van der Waals surface area contributed by atoms with Crippen molar-refractivity contribution in [3.63, 3.8) is 0 Å². The van der Waals surface area contributed by atoms with Gasteiger partial charge < -0.3 is 29.6 Å². The van der Waals surface area contributed by atoms with E-state index in [2.05, 4.69) is 9.88 Å². The van der Waals surface area contributed by atoms with Crippen molar-refractivity contribution < 1.29 is 19.5 Å². The lowest BCUT2D eigenvalue weighted by Crippen LogP contribution is -2.38. The molecule has 2 aromatic carbocycles. The predicted octanol–water partition coefficient (Wildman–Crippen LogP) is 4.98. The van der Waals surface area contributed by atoms with Crippen LogP contribution < -0.4 is 14.4 Å². The number of halogens is 2. The molecule has 3 aromatic rings. The molecular weight excluding hydrogens is 495 g/mol. The first kappa shape index (κ1) is 25.1.